The summed E-state index contributed by atoms with van der Waals surface area (Å²) in [6, 6.07) is -0.482. The van der Waals surface area contributed by atoms with E-state index in [4.69, 9.17) is 45.1 Å². The lowest BCUT2D eigenvalue weighted by Crippen LogP contribution is -2.43. The first kappa shape index (κ1) is 35.3. The van der Waals surface area contributed by atoms with Crippen molar-refractivity contribution in [3.8, 4) is 0 Å². The first-order chi connectivity index (χ1) is 9.78. The molecule has 0 heterocycles. The van der Waals surface area contributed by atoms with Crippen molar-refractivity contribution in [2.75, 3.05) is 5.34 Å². The van der Waals surface area contributed by atoms with Crippen LogP contribution >= 0.6 is 72.5 Å². The van der Waals surface area contributed by atoms with Crippen molar-refractivity contribution in [2.24, 2.45) is 17.2 Å². The summed E-state index contributed by atoms with van der Waals surface area (Å²) in [5.41, 5.74) is 15.0. The highest BCUT2D eigenvalue weighted by atomic mass is 35.5. The molecule has 12 heteroatoms. The van der Waals surface area contributed by atoms with Crippen LogP contribution in [0.4, 0.5) is 4.79 Å². The summed E-state index contributed by atoms with van der Waals surface area (Å²) >= 11 is 18.7. The highest BCUT2D eigenvalue weighted by Gasteiger charge is 2.18. The summed E-state index contributed by atoms with van der Waals surface area (Å²) in [5, 5.41) is 2.70. The summed E-state index contributed by atoms with van der Waals surface area (Å²) in [6.07, 6.45) is -0.507. The molecule has 2 atom stereocenters. The van der Waals surface area contributed by atoms with E-state index in [-0.39, 0.29) is 47.2 Å². The first-order valence-corrected chi connectivity index (χ1v) is 8.12. The second kappa shape index (κ2) is 19.5. The third kappa shape index (κ3) is 33.7. The van der Waals surface area contributed by atoms with Gasteiger partial charge in [-0.3, -0.25) is 0 Å². The van der Waals surface area contributed by atoms with Gasteiger partial charge in [0, 0.05) is 0 Å². The molecule has 0 aromatic rings. The molecule has 0 saturated heterocycles. The summed E-state index contributed by atoms with van der Waals surface area (Å²) in [6.45, 7) is 8.82. The molecular formula is C12H28Cl4N4O2S2. The molecule has 0 saturated carbocycles. The van der Waals surface area contributed by atoms with E-state index in [2.05, 4.69) is 29.8 Å². The summed E-state index contributed by atoms with van der Waals surface area (Å²) in [5.74, 6) is 0. The van der Waals surface area contributed by atoms with Crippen LogP contribution < -0.4 is 22.5 Å². The highest BCUT2D eigenvalue weighted by molar-refractivity contribution is 7.80. The van der Waals surface area contributed by atoms with Gasteiger partial charge in [-0.25, -0.2) is 4.79 Å². The van der Waals surface area contributed by atoms with Crippen LogP contribution in [0.5, 0.6) is 0 Å². The zero-order valence-corrected chi connectivity index (χ0v) is 19.1. The normalized spacial score (nSPS) is 11.3. The lowest BCUT2D eigenvalue weighted by atomic mass is 10.2. The molecule has 24 heavy (non-hydrogen) atoms. The molecule has 1 amide bonds. The van der Waals surface area contributed by atoms with E-state index < -0.39 is 11.7 Å². The Morgan fingerprint density at radius 1 is 1.12 bits per heavy atom. The van der Waals surface area contributed by atoms with Gasteiger partial charge in [-0.15, -0.1) is 48.0 Å². The number of nitrogens with two attached hydrogens (primary N) is 3. The number of alkyl halides is 2. The summed E-state index contributed by atoms with van der Waals surface area (Å²) in [4.78, 5) is 11.7. The molecule has 0 aromatic heterocycles. The van der Waals surface area contributed by atoms with Crippen molar-refractivity contribution in [3.05, 3.63) is 0 Å². The molecule has 0 bridgehead atoms. The predicted octanol–water partition coefficient (Wildman–Crippen LogP) is 3.07. The minimum atomic E-state index is -0.507. The van der Waals surface area contributed by atoms with E-state index in [1.165, 1.54) is 0 Å². The molecule has 0 aromatic carbocycles. The largest absolute Gasteiger partial charge is 0.444 e. The average molecular weight is 466 g/mol. The fraction of sp³-hybridized carbons (Fsp3) is 0.750. The van der Waals surface area contributed by atoms with Gasteiger partial charge in [0.2, 0.25) is 0 Å². The monoisotopic (exact) mass is 464 g/mol. The number of alkyl carbamates (subject to hydrolysis) is 1. The van der Waals surface area contributed by atoms with E-state index in [0.29, 0.717) is 4.99 Å². The number of ether oxygens (including phenoxy) is 1. The predicted molar refractivity (Wildman–Crippen MR) is 117 cm³/mol. The fourth-order valence-electron chi connectivity index (χ4n) is 0.555. The molecule has 0 unspecified atom stereocenters. The van der Waals surface area contributed by atoms with Crippen molar-refractivity contribution in [2.45, 2.75) is 52.3 Å². The molecule has 0 aliphatic rings. The van der Waals surface area contributed by atoms with Gasteiger partial charge in [-0.05, 0) is 34.6 Å². The van der Waals surface area contributed by atoms with Crippen LogP contribution in [0.1, 0.15) is 34.6 Å². The van der Waals surface area contributed by atoms with Gasteiger partial charge in [-0.1, -0.05) is 24.4 Å². The highest BCUT2D eigenvalue weighted by Crippen LogP contribution is 2.06. The molecule has 0 aliphatic carbocycles. The molecule has 148 valence electrons. The Hall–Kier alpha value is 0.170. The van der Waals surface area contributed by atoms with E-state index >= 15 is 0 Å². The topological polar surface area (TPSA) is 116 Å². The number of thiocarbonyl (C=S) groups is 2. The Balaban J connectivity index is -0.0000000927. The Morgan fingerprint density at radius 3 is 1.58 bits per heavy atom. The van der Waals surface area contributed by atoms with Crippen LogP contribution in [0, 0.1) is 0 Å². The number of halogens is 4. The number of carbonyl (C=O) groups is 1. The van der Waals surface area contributed by atoms with Gasteiger partial charge in [0.1, 0.15) is 5.60 Å². The van der Waals surface area contributed by atoms with Gasteiger partial charge in [0.05, 0.1) is 27.4 Å². The zero-order chi connectivity index (χ0) is 18.5. The van der Waals surface area contributed by atoms with Crippen LogP contribution in [0.15, 0.2) is 0 Å². The quantitative estimate of drug-likeness (QED) is 0.373. The lowest BCUT2D eigenvalue weighted by Gasteiger charge is -2.21. The Morgan fingerprint density at radius 2 is 1.42 bits per heavy atom. The maximum atomic E-state index is 11.1. The Labute approximate surface area is 177 Å². The van der Waals surface area contributed by atoms with Crippen LogP contribution in [-0.2, 0) is 4.74 Å². The number of carbonyl (C=O) groups excluding carboxylic acids is 1. The molecule has 0 fully saturated rings. The maximum Gasteiger partial charge on any atom is 0.408 e. The van der Waals surface area contributed by atoms with Crippen molar-refractivity contribution < 1.29 is 9.53 Å². The second-order valence-electron chi connectivity index (χ2n) is 5.06. The third-order valence-corrected chi connectivity index (χ3v) is 2.33. The van der Waals surface area contributed by atoms with Gasteiger partial charge in [0.15, 0.2) is 0 Å². The summed E-state index contributed by atoms with van der Waals surface area (Å²) < 4.78 is 4.99. The molecule has 7 N–H and O–H groups in total. The smallest absolute Gasteiger partial charge is 0.408 e. The van der Waals surface area contributed by atoms with Crippen molar-refractivity contribution in [1.82, 2.24) is 5.32 Å². The van der Waals surface area contributed by atoms with E-state index in [0.717, 1.165) is 0 Å². The fourth-order valence-corrected chi connectivity index (χ4v) is 0.614. The lowest BCUT2D eigenvalue weighted by molar-refractivity contribution is 0.0521. The Bertz CT molecular complexity index is 356. The van der Waals surface area contributed by atoms with Gasteiger partial charge >= 0.3 is 6.09 Å². The molecule has 0 aliphatic heterocycles. The third-order valence-electron chi connectivity index (χ3n) is 1.61. The van der Waals surface area contributed by atoms with Crippen LogP contribution in [-0.4, -0.2) is 39.1 Å². The number of rotatable bonds is 3. The number of hydrogen-bond acceptors (Lipinski definition) is 5. The summed E-state index contributed by atoms with van der Waals surface area (Å²) in [7, 11) is 0. The Kier molecular flexibility index (Phi) is 28.7. The first-order valence-electron chi connectivity index (χ1n) is 6.24. The van der Waals surface area contributed by atoms with E-state index in [9.17, 15) is 4.79 Å². The molecule has 0 spiro atoms. The number of amides is 1. The van der Waals surface area contributed by atoms with Crippen LogP contribution in [0.3, 0.4) is 0 Å². The number of hydrogen-bond donors (Lipinski definition) is 4. The molecule has 0 radical (unpaired) electrons. The van der Waals surface area contributed by atoms with Crippen molar-refractivity contribution in [3.63, 3.8) is 0 Å². The van der Waals surface area contributed by atoms with Crippen molar-refractivity contribution >= 4 is 88.5 Å². The molecule has 6 nitrogen and oxygen atoms in total. The van der Waals surface area contributed by atoms with Crippen LogP contribution in [0.25, 0.3) is 0 Å². The van der Waals surface area contributed by atoms with E-state index in [1.807, 2.05) is 0 Å². The van der Waals surface area contributed by atoms with Gasteiger partial charge in [-0.2, -0.15) is 0 Å². The zero-order valence-electron chi connectivity index (χ0n) is 14.3. The maximum absolute atomic E-state index is 11.1. The van der Waals surface area contributed by atoms with Crippen molar-refractivity contribution in [1.29, 1.82) is 0 Å². The molecule has 0 rings (SSSR count). The van der Waals surface area contributed by atoms with E-state index in [1.54, 1.807) is 34.6 Å². The van der Waals surface area contributed by atoms with Gasteiger partial charge in [0.25, 0.3) is 0 Å². The standard InChI is InChI=1S/C8H16N2O2S.C3H8N2S.CH2Cl2.2ClH/c1-5(6(9)13)10-7(11)12-8(2,3)4;1-2(4)3(5)6;2-1-3;;/h5H,1-4H3,(H2,9,13)(H,10,11);2H,4H2,1H3,(H2,5,6);1H2;2*1H/t5-;2-;;;/m11.../s1. The second-order valence-corrected chi connectivity index (χ2v) is 6.81. The van der Waals surface area contributed by atoms with Gasteiger partial charge < -0.3 is 27.3 Å². The minimum absolute atomic E-state index is 0. The SMILES string of the molecule is C[C@@H](N)C(N)=S.C[C@@H](NC(=O)OC(C)(C)C)C(N)=S.Cl.Cl.ClCCl. The van der Waals surface area contributed by atoms with Crippen LogP contribution in [0.2, 0.25) is 0 Å². The number of nitrogens with one attached hydrogen (secondary N) is 1. The minimum Gasteiger partial charge on any atom is -0.444 e. The average Bonchev–Trinajstić information content (AvgIpc) is 2.27. The molecular weight excluding hydrogens is 438 g/mol.